The highest BCUT2D eigenvalue weighted by Crippen LogP contribution is 2.60. The lowest BCUT2D eigenvalue weighted by atomic mass is 10.0. The van der Waals surface area contributed by atoms with Crippen molar-refractivity contribution in [2.75, 3.05) is 20.2 Å². The van der Waals surface area contributed by atoms with Gasteiger partial charge in [0.2, 0.25) is 10.0 Å². The zero-order valence-corrected chi connectivity index (χ0v) is 20.8. The first kappa shape index (κ1) is 27.0. The lowest BCUT2D eigenvalue weighted by molar-refractivity contribution is 0.0565. The number of sulfonamides is 1. The van der Waals surface area contributed by atoms with Gasteiger partial charge in [0, 0.05) is 19.1 Å². The van der Waals surface area contributed by atoms with Gasteiger partial charge in [-0.2, -0.15) is 13.1 Å². The summed E-state index contributed by atoms with van der Waals surface area (Å²) in [4.78, 5) is 18.0. The summed E-state index contributed by atoms with van der Waals surface area (Å²) < 4.78 is 73.1. The van der Waals surface area contributed by atoms with E-state index in [0.29, 0.717) is 0 Å². The fourth-order valence-electron chi connectivity index (χ4n) is 3.81. The van der Waals surface area contributed by atoms with Crippen molar-refractivity contribution < 1.29 is 36.3 Å². The van der Waals surface area contributed by atoms with Gasteiger partial charge < -0.3 is 19.8 Å². The summed E-state index contributed by atoms with van der Waals surface area (Å²) in [5.74, 6) is 0.166. The number of para-hydroxylation sites is 1. The minimum Gasteiger partial charge on any atom is -0.495 e. The zero-order valence-electron chi connectivity index (χ0n) is 18.3. The number of piperidine rings is 1. The molecule has 0 aromatic heterocycles. The first-order valence-electron chi connectivity index (χ1n) is 10.5. The van der Waals surface area contributed by atoms with E-state index >= 15 is 0 Å². The number of halogens is 3. The van der Waals surface area contributed by atoms with Gasteiger partial charge in [0.25, 0.3) is 0 Å². The molecule has 0 saturated carbocycles. The third-order valence-corrected chi connectivity index (χ3v) is 8.74. The van der Waals surface area contributed by atoms with Gasteiger partial charge in [-0.3, -0.25) is 4.57 Å². The largest absolute Gasteiger partial charge is 0.495 e. The molecule has 0 spiro atoms. The van der Waals surface area contributed by atoms with Crippen molar-refractivity contribution in [2.45, 2.75) is 42.4 Å². The Labute approximate surface area is 202 Å². The molecule has 3 N–H and O–H groups in total. The van der Waals surface area contributed by atoms with Crippen LogP contribution in [0.1, 0.15) is 30.4 Å². The number of hydrogen-bond acceptors (Lipinski definition) is 5. The molecular formula is C21H26ClF2N2O6PS. The second-order valence-corrected chi connectivity index (χ2v) is 12.0. The monoisotopic (exact) mass is 538 g/mol. The standard InChI is InChI=1S/C21H26ClF2N2O6PS/c1-32-19-7-2-3-8-20(19)34(30,31)26(14-16-6-4-5-11-25-16)13-15-9-10-17(18(22)12-15)21(23,24)33(27,28)29/h2-3,7-10,12,16,25H,4-6,11,13-14H2,1H3,(H2,27,28,29). The molecule has 34 heavy (non-hydrogen) atoms. The van der Waals surface area contributed by atoms with Crippen LogP contribution in [0.25, 0.3) is 0 Å². The summed E-state index contributed by atoms with van der Waals surface area (Å²) in [7, 11) is -8.51. The predicted molar refractivity (Wildman–Crippen MR) is 124 cm³/mol. The molecule has 1 atom stereocenters. The van der Waals surface area contributed by atoms with Crippen LogP contribution in [0.3, 0.4) is 0 Å². The highest BCUT2D eigenvalue weighted by molar-refractivity contribution is 7.89. The van der Waals surface area contributed by atoms with E-state index in [4.69, 9.17) is 26.1 Å². The maximum atomic E-state index is 14.1. The van der Waals surface area contributed by atoms with Gasteiger partial charge in [-0.05, 0) is 43.1 Å². The first-order valence-corrected chi connectivity index (χ1v) is 13.9. The fraction of sp³-hybridized carbons (Fsp3) is 0.429. The molecule has 0 aliphatic carbocycles. The first-order chi connectivity index (χ1) is 15.9. The number of hydrogen-bond donors (Lipinski definition) is 3. The number of nitrogens with one attached hydrogen (secondary N) is 1. The van der Waals surface area contributed by atoms with Gasteiger partial charge in [0.1, 0.15) is 10.6 Å². The molecule has 1 aliphatic rings. The van der Waals surface area contributed by atoms with E-state index in [0.717, 1.165) is 37.9 Å². The van der Waals surface area contributed by atoms with Crippen molar-refractivity contribution in [2.24, 2.45) is 0 Å². The molecule has 1 fully saturated rings. The molecule has 1 heterocycles. The van der Waals surface area contributed by atoms with Crippen LogP contribution in [0.4, 0.5) is 8.78 Å². The molecule has 0 radical (unpaired) electrons. The molecule has 188 valence electrons. The van der Waals surface area contributed by atoms with E-state index in [9.17, 15) is 21.8 Å². The Kier molecular flexibility index (Phi) is 8.40. The molecular weight excluding hydrogens is 513 g/mol. The third-order valence-electron chi connectivity index (χ3n) is 5.61. The maximum absolute atomic E-state index is 14.1. The quantitative estimate of drug-likeness (QED) is 0.415. The Bertz CT molecular complexity index is 1170. The average Bonchev–Trinajstić information content (AvgIpc) is 2.78. The molecule has 13 heteroatoms. The molecule has 0 bridgehead atoms. The van der Waals surface area contributed by atoms with Crippen LogP contribution in [0.2, 0.25) is 5.02 Å². The molecule has 2 aromatic rings. The smallest absolute Gasteiger partial charge is 0.399 e. The average molecular weight is 539 g/mol. The van der Waals surface area contributed by atoms with E-state index in [1.807, 2.05) is 0 Å². The summed E-state index contributed by atoms with van der Waals surface area (Å²) >= 11 is 5.95. The van der Waals surface area contributed by atoms with E-state index in [-0.39, 0.29) is 35.3 Å². The number of methoxy groups -OCH3 is 1. The third kappa shape index (κ3) is 5.79. The number of alkyl halides is 2. The lowest BCUT2D eigenvalue weighted by Crippen LogP contribution is -2.45. The molecule has 0 amide bonds. The van der Waals surface area contributed by atoms with Crippen molar-refractivity contribution >= 4 is 29.2 Å². The second-order valence-electron chi connectivity index (χ2n) is 7.99. The number of benzene rings is 2. The topological polar surface area (TPSA) is 116 Å². The Hall–Kier alpha value is -1.59. The lowest BCUT2D eigenvalue weighted by Gasteiger charge is -2.30. The minimum atomic E-state index is -5.81. The Balaban J connectivity index is 1.98. The highest BCUT2D eigenvalue weighted by Gasteiger charge is 2.51. The van der Waals surface area contributed by atoms with Crippen LogP contribution in [0.15, 0.2) is 47.4 Å². The maximum Gasteiger partial charge on any atom is 0.399 e. The normalized spacial score (nSPS) is 17.7. The van der Waals surface area contributed by atoms with Gasteiger partial charge in [-0.25, -0.2) is 8.42 Å². The van der Waals surface area contributed by atoms with Crippen LogP contribution in [-0.2, 0) is 26.8 Å². The number of rotatable bonds is 9. The van der Waals surface area contributed by atoms with E-state index in [1.54, 1.807) is 12.1 Å². The van der Waals surface area contributed by atoms with Crippen molar-refractivity contribution in [3.8, 4) is 5.75 Å². The van der Waals surface area contributed by atoms with Crippen molar-refractivity contribution in [3.05, 3.63) is 58.6 Å². The van der Waals surface area contributed by atoms with E-state index in [1.165, 1.54) is 29.6 Å². The van der Waals surface area contributed by atoms with Gasteiger partial charge in [0.05, 0.1) is 17.7 Å². The second kappa shape index (κ2) is 10.6. The van der Waals surface area contributed by atoms with Gasteiger partial charge in [-0.15, -0.1) is 0 Å². The fourth-order valence-corrected chi connectivity index (χ4v) is 6.33. The zero-order chi connectivity index (χ0) is 25.1. The number of ether oxygens (including phenoxy) is 1. The molecule has 1 unspecified atom stereocenters. The molecule has 1 saturated heterocycles. The summed E-state index contributed by atoms with van der Waals surface area (Å²) in [5.41, 5.74) is -5.22. The van der Waals surface area contributed by atoms with E-state index in [2.05, 4.69) is 5.32 Å². The molecule has 2 aromatic carbocycles. The van der Waals surface area contributed by atoms with E-state index < -0.39 is 33.9 Å². The predicted octanol–water partition coefficient (Wildman–Crippen LogP) is 3.91. The summed E-state index contributed by atoms with van der Waals surface area (Å²) in [5, 5.41) is 2.72. The minimum absolute atomic E-state index is 0.0379. The van der Waals surface area contributed by atoms with Crippen LogP contribution >= 0.6 is 19.2 Å². The van der Waals surface area contributed by atoms with Crippen molar-refractivity contribution in [3.63, 3.8) is 0 Å². The van der Waals surface area contributed by atoms with Gasteiger partial charge in [0.15, 0.2) is 0 Å². The van der Waals surface area contributed by atoms with Gasteiger partial charge >= 0.3 is 13.3 Å². The van der Waals surface area contributed by atoms with Crippen molar-refractivity contribution in [1.82, 2.24) is 9.62 Å². The van der Waals surface area contributed by atoms with Crippen LogP contribution < -0.4 is 10.1 Å². The highest BCUT2D eigenvalue weighted by atomic mass is 35.5. The Morgan fingerprint density at radius 3 is 2.53 bits per heavy atom. The van der Waals surface area contributed by atoms with Crippen LogP contribution in [0, 0.1) is 0 Å². The Morgan fingerprint density at radius 2 is 1.94 bits per heavy atom. The molecule has 8 nitrogen and oxygen atoms in total. The summed E-state index contributed by atoms with van der Waals surface area (Å²) in [6.45, 7) is 0.684. The summed E-state index contributed by atoms with van der Waals surface area (Å²) in [6.07, 6.45) is 2.70. The number of nitrogens with zero attached hydrogens (tertiary/aromatic N) is 1. The summed E-state index contributed by atoms with van der Waals surface area (Å²) in [6, 6.07) is 9.15. The SMILES string of the molecule is COc1ccccc1S(=O)(=O)N(Cc1ccc(C(F)(F)P(=O)(O)O)c(Cl)c1)CC1CCCCN1. The Morgan fingerprint density at radius 1 is 1.24 bits per heavy atom. The van der Waals surface area contributed by atoms with Crippen LogP contribution in [0.5, 0.6) is 5.75 Å². The van der Waals surface area contributed by atoms with Gasteiger partial charge in [-0.1, -0.05) is 42.3 Å². The van der Waals surface area contributed by atoms with Crippen molar-refractivity contribution in [1.29, 1.82) is 0 Å². The van der Waals surface area contributed by atoms with Crippen LogP contribution in [-0.4, -0.2) is 48.8 Å². The molecule has 3 rings (SSSR count). The molecule has 1 aliphatic heterocycles.